The molecule has 2 aliphatic rings. The quantitative estimate of drug-likeness (QED) is 0.470. The van der Waals surface area contributed by atoms with Crippen LogP contribution in [0.5, 0.6) is 0 Å². The van der Waals surface area contributed by atoms with Crippen LogP contribution < -0.4 is 10.9 Å². The molecule has 1 aromatic heterocycles. The minimum Gasteiger partial charge on any atom is -0.459 e. The first kappa shape index (κ1) is 20.1. The van der Waals surface area contributed by atoms with E-state index in [2.05, 4.69) is 5.32 Å². The molecule has 1 spiro atoms. The third-order valence-corrected chi connectivity index (χ3v) is 6.16. The molecule has 30 heavy (non-hydrogen) atoms. The summed E-state index contributed by atoms with van der Waals surface area (Å²) >= 11 is 0. The van der Waals surface area contributed by atoms with Gasteiger partial charge in [0.05, 0.1) is 0 Å². The number of aryl methyl sites for hydroxylation is 1. The topological polar surface area (TPSA) is 106 Å². The Morgan fingerprint density at radius 3 is 2.83 bits per heavy atom. The van der Waals surface area contributed by atoms with E-state index in [0.717, 1.165) is 29.7 Å². The molecule has 158 valence electrons. The fourth-order valence-corrected chi connectivity index (χ4v) is 4.43. The summed E-state index contributed by atoms with van der Waals surface area (Å²) < 4.78 is 10.5. The lowest BCUT2D eigenvalue weighted by Gasteiger charge is -2.36. The lowest BCUT2D eigenvalue weighted by Crippen LogP contribution is -2.54. The zero-order valence-corrected chi connectivity index (χ0v) is 17.0. The van der Waals surface area contributed by atoms with Crippen molar-refractivity contribution < 1.29 is 23.5 Å². The Bertz CT molecular complexity index is 1090. The van der Waals surface area contributed by atoms with Crippen molar-refractivity contribution in [2.24, 2.45) is 5.92 Å². The number of ether oxygens (including phenoxy) is 1. The lowest BCUT2D eigenvalue weighted by molar-refractivity contribution is -0.149. The van der Waals surface area contributed by atoms with Gasteiger partial charge in [0.15, 0.2) is 0 Å². The molecular weight excluding hydrogens is 388 g/mol. The van der Waals surface area contributed by atoms with Gasteiger partial charge in [0.2, 0.25) is 0 Å². The summed E-state index contributed by atoms with van der Waals surface area (Å²) in [5, 5.41) is 3.48. The summed E-state index contributed by atoms with van der Waals surface area (Å²) in [5.41, 5.74) is 0.396. The highest BCUT2D eigenvalue weighted by molar-refractivity contribution is 6.09. The molecule has 1 N–H and O–H groups in total. The molecular formula is C22H24N2O6. The number of rotatable bonds is 4. The van der Waals surface area contributed by atoms with E-state index in [1.807, 2.05) is 19.9 Å². The van der Waals surface area contributed by atoms with Crippen molar-refractivity contribution in [3.05, 3.63) is 45.8 Å². The van der Waals surface area contributed by atoms with E-state index in [9.17, 15) is 19.2 Å². The van der Waals surface area contributed by atoms with Crippen LogP contribution in [0.15, 0.2) is 33.5 Å². The average Bonchev–Trinajstić information content (AvgIpc) is 2.93. The Kier molecular flexibility index (Phi) is 5.09. The molecule has 1 saturated carbocycles. The molecule has 4 rings (SSSR count). The number of hydrogen-bond acceptors (Lipinski definition) is 6. The van der Waals surface area contributed by atoms with Crippen LogP contribution in [0.2, 0.25) is 0 Å². The number of fused-ring (bicyclic) bond motifs is 1. The molecule has 8 nitrogen and oxygen atoms in total. The summed E-state index contributed by atoms with van der Waals surface area (Å²) in [4.78, 5) is 50.5. The van der Waals surface area contributed by atoms with Gasteiger partial charge in [-0.25, -0.2) is 9.59 Å². The molecule has 0 bridgehead atoms. The minimum atomic E-state index is -0.915. The number of hydrogen-bond donors (Lipinski definition) is 1. The van der Waals surface area contributed by atoms with Gasteiger partial charge in [0, 0.05) is 17.0 Å². The number of esters is 1. The van der Waals surface area contributed by atoms with Gasteiger partial charge in [-0.2, -0.15) is 0 Å². The first-order valence-corrected chi connectivity index (χ1v) is 10.1. The van der Waals surface area contributed by atoms with Crippen molar-refractivity contribution in [3.8, 4) is 0 Å². The Morgan fingerprint density at radius 2 is 2.07 bits per heavy atom. The molecule has 2 heterocycles. The zero-order chi connectivity index (χ0) is 21.5. The molecule has 1 aliphatic carbocycles. The van der Waals surface area contributed by atoms with Crippen LogP contribution in [0.1, 0.15) is 43.7 Å². The number of nitrogens with one attached hydrogen (secondary N) is 1. The summed E-state index contributed by atoms with van der Waals surface area (Å²) in [5.74, 6) is -1.06. The van der Waals surface area contributed by atoms with Crippen LogP contribution >= 0.6 is 0 Å². The van der Waals surface area contributed by atoms with Crippen LogP contribution in [0.25, 0.3) is 11.0 Å². The standard InChI is InChI=1S/C22H24N2O6/c1-13-6-7-16-15(10-18(25)30-17(16)9-13)12-29-19(26)11-24-20(27)22(23-21(24)28)8-4-3-5-14(22)2/h6-7,9-10,14H,3-5,8,11-12H2,1-2H3,(H,23,28)/t14-,22-/m0/s1. The van der Waals surface area contributed by atoms with Gasteiger partial charge in [0.1, 0.15) is 24.3 Å². The summed E-state index contributed by atoms with van der Waals surface area (Å²) in [6.07, 6.45) is 3.31. The first-order valence-electron chi connectivity index (χ1n) is 10.1. The third-order valence-electron chi connectivity index (χ3n) is 6.16. The number of benzene rings is 1. The zero-order valence-electron chi connectivity index (χ0n) is 17.0. The van der Waals surface area contributed by atoms with E-state index in [1.165, 1.54) is 6.07 Å². The SMILES string of the molecule is Cc1ccc2c(COC(=O)CN3C(=O)N[C@]4(CCCC[C@@H]4C)C3=O)cc(=O)oc2c1. The van der Waals surface area contributed by atoms with E-state index < -0.39 is 29.7 Å². The van der Waals surface area contributed by atoms with E-state index >= 15 is 0 Å². The minimum absolute atomic E-state index is 0.0158. The Labute approximate surface area is 173 Å². The lowest BCUT2D eigenvalue weighted by atomic mass is 9.73. The van der Waals surface area contributed by atoms with Gasteiger partial charge < -0.3 is 14.5 Å². The predicted molar refractivity (Wildman–Crippen MR) is 108 cm³/mol. The highest BCUT2D eigenvalue weighted by atomic mass is 16.5. The van der Waals surface area contributed by atoms with Crippen molar-refractivity contribution >= 4 is 28.9 Å². The Hall–Kier alpha value is -3.16. The summed E-state index contributed by atoms with van der Waals surface area (Å²) in [6, 6.07) is 6.11. The van der Waals surface area contributed by atoms with Gasteiger partial charge >= 0.3 is 17.6 Å². The van der Waals surface area contributed by atoms with Gasteiger partial charge in [-0.15, -0.1) is 0 Å². The number of imide groups is 1. The van der Waals surface area contributed by atoms with Crippen molar-refractivity contribution in [3.63, 3.8) is 0 Å². The summed E-state index contributed by atoms with van der Waals surface area (Å²) in [6.45, 7) is 3.21. The van der Waals surface area contributed by atoms with Crippen LogP contribution in [0, 0.1) is 12.8 Å². The smallest absolute Gasteiger partial charge is 0.336 e. The maximum atomic E-state index is 12.9. The fraction of sp³-hybridized carbons (Fsp3) is 0.455. The Morgan fingerprint density at radius 1 is 1.27 bits per heavy atom. The monoisotopic (exact) mass is 412 g/mol. The normalized spacial score (nSPS) is 23.8. The molecule has 1 aliphatic heterocycles. The fourth-order valence-electron chi connectivity index (χ4n) is 4.43. The maximum absolute atomic E-state index is 12.9. The second kappa shape index (κ2) is 7.59. The van der Waals surface area contributed by atoms with Crippen LogP contribution in [-0.2, 0) is 20.9 Å². The van der Waals surface area contributed by atoms with Crippen molar-refractivity contribution in [1.82, 2.24) is 10.2 Å². The van der Waals surface area contributed by atoms with Crippen molar-refractivity contribution in [1.29, 1.82) is 0 Å². The molecule has 0 unspecified atom stereocenters. The number of carbonyl (C=O) groups excluding carboxylic acids is 3. The molecule has 8 heteroatoms. The second-order valence-corrected chi connectivity index (χ2v) is 8.19. The molecule has 1 saturated heterocycles. The molecule has 3 amide bonds. The second-order valence-electron chi connectivity index (χ2n) is 8.19. The predicted octanol–water partition coefficient (Wildman–Crippen LogP) is 2.65. The molecule has 2 aromatic rings. The highest BCUT2D eigenvalue weighted by Crippen LogP contribution is 2.38. The third kappa shape index (κ3) is 3.46. The molecule has 0 radical (unpaired) electrons. The molecule has 2 atom stereocenters. The van der Waals surface area contributed by atoms with E-state index in [-0.39, 0.29) is 18.4 Å². The van der Waals surface area contributed by atoms with Crippen LogP contribution in [0.4, 0.5) is 4.79 Å². The van der Waals surface area contributed by atoms with E-state index in [0.29, 0.717) is 23.0 Å². The van der Waals surface area contributed by atoms with Crippen molar-refractivity contribution in [2.45, 2.75) is 51.7 Å². The summed E-state index contributed by atoms with van der Waals surface area (Å²) in [7, 11) is 0. The Balaban J connectivity index is 1.46. The largest absolute Gasteiger partial charge is 0.459 e. The number of urea groups is 1. The first-order chi connectivity index (χ1) is 14.3. The highest BCUT2D eigenvalue weighted by Gasteiger charge is 2.55. The van der Waals surface area contributed by atoms with Gasteiger partial charge in [0.25, 0.3) is 5.91 Å². The maximum Gasteiger partial charge on any atom is 0.336 e. The number of amides is 3. The van der Waals surface area contributed by atoms with Gasteiger partial charge in [-0.3, -0.25) is 14.5 Å². The van der Waals surface area contributed by atoms with Crippen LogP contribution in [-0.4, -0.2) is 34.9 Å². The van der Waals surface area contributed by atoms with Gasteiger partial charge in [-0.1, -0.05) is 31.9 Å². The van der Waals surface area contributed by atoms with Gasteiger partial charge in [-0.05, 0) is 37.3 Å². The van der Waals surface area contributed by atoms with E-state index in [1.54, 1.807) is 12.1 Å². The molecule has 2 fully saturated rings. The van der Waals surface area contributed by atoms with E-state index in [4.69, 9.17) is 9.15 Å². The van der Waals surface area contributed by atoms with Crippen molar-refractivity contribution in [2.75, 3.05) is 6.54 Å². The van der Waals surface area contributed by atoms with Crippen LogP contribution in [0.3, 0.4) is 0 Å². The molecule has 1 aromatic carbocycles. The number of carbonyl (C=O) groups is 3. The number of nitrogens with zero attached hydrogens (tertiary/aromatic N) is 1. The average molecular weight is 412 g/mol.